The number of ether oxygens (including phenoxy) is 1. The molecule has 1 atom stereocenters. The van der Waals surface area contributed by atoms with Crippen LogP contribution >= 0.6 is 0 Å². The third kappa shape index (κ3) is 1.73. The van der Waals surface area contributed by atoms with E-state index in [1.165, 1.54) is 12.2 Å². The smallest absolute Gasteiger partial charge is 0.185 e. The van der Waals surface area contributed by atoms with Gasteiger partial charge in [0.15, 0.2) is 11.6 Å². The van der Waals surface area contributed by atoms with Crippen LogP contribution in [0.1, 0.15) is 18.1 Å². The zero-order chi connectivity index (χ0) is 12.5. The van der Waals surface area contributed by atoms with E-state index in [4.69, 9.17) is 4.74 Å². The van der Waals surface area contributed by atoms with Crippen LogP contribution in [-0.4, -0.2) is 18.2 Å². The molecule has 1 aromatic rings. The fourth-order valence-corrected chi connectivity index (χ4v) is 2.42. The molecule has 1 aliphatic heterocycles. The lowest BCUT2D eigenvalue weighted by molar-refractivity contribution is -0.117. The monoisotopic (exact) mass is 240 g/mol. The first-order valence-electron chi connectivity index (χ1n) is 5.93. The molecule has 1 unspecified atom stereocenters. The van der Waals surface area contributed by atoms with Crippen LogP contribution in [0, 0.1) is 0 Å². The Morgan fingerprint density at radius 1 is 1.00 bits per heavy atom. The summed E-state index contributed by atoms with van der Waals surface area (Å²) in [4.78, 5) is 23.8. The van der Waals surface area contributed by atoms with Crippen LogP contribution in [-0.2, 0) is 14.3 Å². The SMILES string of the molecule is O=C1C=CC(=O)C2=C1CCOC2c1ccccc1. The normalized spacial score (nSPS) is 23.2. The summed E-state index contributed by atoms with van der Waals surface area (Å²) in [5, 5.41) is 0. The maximum absolute atomic E-state index is 12.0. The fraction of sp³-hybridized carbons (Fsp3) is 0.200. The summed E-state index contributed by atoms with van der Waals surface area (Å²) < 4.78 is 5.69. The topological polar surface area (TPSA) is 43.4 Å². The predicted molar refractivity (Wildman–Crippen MR) is 65.9 cm³/mol. The van der Waals surface area contributed by atoms with E-state index in [0.717, 1.165) is 5.56 Å². The number of benzene rings is 1. The van der Waals surface area contributed by atoms with Gasteiger partial charge >= 0.3 is 0 Å². The Bertz CT molecular complexity index is 567. The van der Waals surface area contributed by atoms with E-state index in [1.807, 2.05) is 30.3 Å². The molecule has 0 fully saturated rings. The minimum absolute atomic E-state index is 0.0613. The van der Waals surface area contributed by atoms with E-state index < -0.39 is 6.10 Å². The van der Waals surface area contributed by atoms with Gasteiger partial charge in [0, 0.05) is 17.6 Å². The van der Waals surface area contributed by atoms with Crippen LogP contribution < -0.4 is 0 Å². The maximum atomic E-state index is 12.0. The first-order chi connectivity index (χ1) is 8.77. The maximum Gasteiger partial charge on any atom is 0.185 e. The highest BCUT2D eigenvalue weighted by atomic mass is 16.5. The van der Waals surface area contributed by atoms with E-state index in [1.54, 1.807) is 0 Å². The van der Waals surface area contributed by atoms with Crippen molar-refractivity contribution in [3.63, 3.8) is 0 Å². The average Bonchev–Trinajstić information content (AvgIpc) is 2.43. The molecule has 18 heavy (non-hydrogen) atoms. The van der Waals surface area contributed by atoms with Crippen molar-refractivity contribution in [1.82, 2.24) is 0 Å². The molecule has 1 aromatic carbocycles. The van der Waals surface area contributed by atoms with E-state index in [-0.39, 0.29) is 11.6 Å². The van der Waals surface area contributed by atoms with Gasteiger partial charge in [0.1, 0.15) is 6.10 Å². The van der Waals surface area contributed by atoms with Crippen LogP contribution in [0.4, 0.5) is 0 Å². The second kappa shape index (κ2) is 4.35. The van der Waals surface area contributed by atoms with Gasteiger partial charge in [-0.1, -0.05) is 30.3 Å². The van der Waals surface area contributed by atoms with Gasteiger partial charge in [-0.25, -0.2) is 0 Å². The largest absolute Gasteiger partial charge is 0.368 e. The third-order valence-electron chi connectivity index (χ3n) is 3.28. The molecule has 0 saturated carbocycles. The van der Waals surface area contributed by atoms with Gasteiger partial charge in [0.05, 0.1) is 6.61 Å². The molecule has 3 rings (SSSR count). The van der Waals surface area contributed by atoms with Gasteiger partial charge < -0.3 is 4.74 Å². The lowest BCUT2D eigenvalue weighted by Gasteiger charge is -2.28. The molecule has 0 saturated heterocycles. The summed E-state index contributed by atoms with van der Waals surface area (Å²) in [5.74, 6) is -0.174. The molecule has 0 bridgehead atoms. The summed E-state index contributed by atoms with van der Waals surface area (Å²) in [7, 11) is 0. The van der Waals surface area contributed by atoms with Gasteiger partial charge in [0.2, 0.25) is 0 Å². The lowest BCUT2D eigenvalue weighted by Crippen LogP contribution is -2.26. The number of rotatable bonds is 1. The number of hydrogen-bond donors (Lipinski definition) is 0. The lowest BCUT2D eigenvalue weighted by atomic mass is 9.85. The Hall–Kier alpha value is -2.00. The van der Waals surface area contributed by atoms with Crippen molar-refractivity contribution in [2.24, 2.45) is 0 Å². The quantitative estimate of drug-likeness (QED) is 0.706. The molecule has 0 amide bonds. The number of carbonyl (C=O) groups is 2. The Kier molecular flexibility index (Phi) is 2.68. The van der Waals surface area contributed by atoms with Crippen LogP contribution in [0.25, 0.3) is 0 Å². The van der Waals surface area contributed by atoms with Crippen molar-refractivity contribution in [3.8, 4) is 0 Å². The Morgan fingerprint density at radius 3 is 2.50 bits per heavy atom. The van der Waals surface area contributed by atoms with Gasteiger partial charge in [-0.15, -0.1) is 0 Å². The second-order valence-electron chi connectivity index (χ2n) is 4.37. The number of ketones is 2. The number of hydrogen-bond acceptors (Lipinski definition) is 3. The molecule has 0 aromatic heterocycles. The highest BCUT2D eigenvalue weighted by Gasteiger charge is 2.33. The Labute approximate surface area is 105 Å². The summed E-state index contributed by atoms with van der Waals surface area (Å²) in [6.07, 6.45) is 2.81. The Balaban J connectivity index is 2.09. The van der Waals surface area contributed by atoms with Crippen molar-refractivity contribution in [2.75, 3.05) is 6.61 Å². The van der Waals surface area contributed by atoms with Crippen molar-refractivity contribution < 1.29 is 14.3 Å². The summed E-state index contributed by atoms with van der Waals surface area (Å²) in [6.45, 7) is 0.477. The molecule has 0 spiro atoms. The molecule has 1 aliphatic carbocycles. The van der Waals surface area contributed by atoms with E-state index in [0.29, 0.717) is 24.2 Å². The van der Waals surface area contributed by atoms with Crippen LogP contribution in [0.15, 0.2) is 53.6 Å². The van der Waals surface area contributed by atoms with E-state index in [2.05, 4.69) is 0 Å². The highest BCUT2D eigenvalue weighted by Crippen LogP contribution is 2.36. The van der Waals surface area contributed by atoms with Crippen LogP contribution in [0.2, 0.25) is 0 Å². The molecule has 90 valence electrons. The molecule has 3 nitrogen and oxygen atoms in total. The van der Waals surface area contributed by atoms with E-state index >= 15 is 0 Å². The van der Waals surface area contributed by atoms with Crippen LogP contribution in [0.3, 0.4) is 0 Å². The molecule has 2 aliphatic rings. The van der Waals surface area contributed by atoms with Crippen molar-refractivity contribution >= 4 is 11.6 Å². The number of allylic oxidation sites excluding steroid dienone is 2. The Morgan fingerprint density at radius 2 is 1.72 bits per heavy atom. The standard InChI is InChI=1S/C15H12O3/c16-12-6-7-13(17)14-11(12)8-9-18-15(14)10-4-2-1-3-5-10/h1-7,15H,8-9H2. The van der Waals surface area contributed by atoms with Crippen molar-refractivity contribution in [1.29, 1.82) is 0 Å². The molecule has 0 N–H and O–H groups in total. The second-order valence-corrected chi connectivity index (χ2v) is 4.37. The minimum atomic E-state index is -0.406. The summed E-state index contributed by atoms with van der Waals surface area (Å²) in [5.41, 5.74) is 2.05. The van der Waals surface area contributed by atoms with Crippen molar-refractivity contribution in [2.45, 2.75) is 12.5 Å². The molecule has 1 heterocycles. The zero-order valence-corrected chi connectivity index (χ0v) is 9.76. The average molecular weight is 240 g/mol. The number of carbonyl (C=O) groups excluding carboxylic acids is 2. The van der Waals surface area contributed by atoms with Crippen LogP contribution in [0.5, 0.6) is 0 Å². The molecular weight excluding hydrogens is 228 g/mol. The third-order valence-corrected chi connectivity index (χ3v) is 3.28. The van der Waals surface area contributed by atoms with Gasteiger partial charge in [-0.3, -0.25) is 9.59 Å². The first-order valence-corrected chi connectivity index (χ1v) is 5.93. The minimum Gasteiger partial charge on any atom is -0.368 e. The van der Waals surface area contributed by atoms with Crippen molar-refractivity contribution in [3.05, 3.63) is 59.2 Å². The van der Waals surface area contributed by atoms with Gasteiger partial charge in [-0.2, -0.15) is 0 Å². The fourth-order valence-electron chi connectivity index (χ4n) is 2.42. The molecule has 0 radical (unpaired) electrons. The van der Waals surface area contributed by atoms with Gasteiger partial charge in [0.25, 0.3) is 0 Å². The molecule has 3 heteroatoms. The first kappa shape index (κ1) is 11.1. The summed E-state index contributed by atoms with van der Waals surface area (Å²) >= 11 is 0. The molecular formula is C15H12O3. The van der Waals surface area contributed by atoms with E-state index in [9.17, 15) is 9.59 Å². The summed E-state index contributed by atoms with van der Waals surface area (Å²) in [6, 6.07) is 9.54. The van der Waals surface area contributed by atoms with Gasteiger partial charge in [-0.05, 0) is 17.7 Å². The zero-order valence-electron chi connectivity index (χ0n) is 9.76. The predicted octanol–water partition coefficient (Wildman–Crippen LogP) is 2.15. The highest BCUT2D eigenvalue weighted by molar-refractivity contribution is 6.20.